The molecule has 0 unspecified atom stereocenters. The summed E-state index contributed by atoms with van der Waals surface area (Å²) < 4.78 is 45.7. The van der Waals surface area contributed by atoms with E-state index in [0.717, 1.165) is 11.8 Å². The number of rotatable bonds is 6. The second kappa shape index (κ2) is 7.43. The number of sulfonamides is 1. The molecule has 1 N–H and O–H groups in total. The Balaban J connectivity index is 1.65. The van der Waals surface area contributed by atoms with Gasteiger partial charge in [-0.3, -0.25) is 4.79 Å². The van der Waals surface area contributed by atoms with Crippen molar-refractivity contribution in [2.75, 3.05) is 25.1 Å². The Morgan fingerprint density at radius 2 is 1.88 bits per heavy atom. The predicted octanol–water partition coefficient (Wildman–Crippen LogP) is 2.17. The predicted molar refractivity (Wildman–Crippen MR) is 95.0 cm³/mol. The zero-order chi connectivity index (χ0) is 18.7. The minimum atomic E-state index is -3.96. The average molecular weight is 378 g/mol. The van der Waals surface area contributed by atoms with Crippen molar-refractivity contribution in [2.45, 2.75) is 11.3 Å². The van der Waals surface area contributed by atoms with E-state index in [1.165, 1.54) is 18.2 Å². The lowest BCUT2D eigenvalue weighted by Gasteiger charge is -2.17. The molecule has 0 saturated carbocycles. The van der Waals surface area contributed by atoms with E-state index in [9.17, 15) is 17.6 Å². The second-order valence-electron chi connectivity index (χ2n) is 6.05. The fourth-order valence-electron chi connectivity index (χ4n) is 2.90. The largest absolute Gasteiger partial charge is 0.497 e. The highest BCUT2D eigenvalue weighted by Gasteiger charge is 2.31. The molecule has 8 heteroatoms. The van der Waals surface area contributed by atoms with E-state index in [-0.39, 0.29) is 24.8 Å². The number of methoxy groups -OCH3 is 1. The summed E-state index contributed by atoms with van der Waals surface area (Å²) >= 11 is 0. The standard InChI is InChI=1S/C18H19FN2O4S/c1-25-15-8-6-14(7-9-15)21-12-13(10-18(21)22)11-20-26(23,24)17-5-3-2-4-16(17)19/h2-9,13,20H,10-12H2,1H3/t13-/m0/s1. The van der Waals surface area contributed by atoms with E-state index in [4.69, 9.17) is 4.74 Å². The number of hydrogen-bond donors (Lipinski definition) is 1. The lowest BCUT2D eigenvalue weighted by atomic mass is 10.1. The summed E-state index contributed by atoms with van der Waals surface area (Å²) in [5, 5.41) is 0. The number of carbonyl (C=O) groups is 1. The maximum absolute atomic E-state index is 13.7. The molecule has 1 fully saturated rings. The van der Waals surface area contributed by atoms with Gasteiger partial charge in [-0.2, -0.15) is 0 Å². The highest BCUT2D eigenvalue weighted by atomic mass is 32.2. The van der Waals surface area contributed by atoms with Crippen LogP contribution < -0.4 is 14.4 Å². The topological polar surface area (TPSA) is 75.7 Å². The number of anilines is 1. The van der Waals surface area contributed by atoms with Crippen LogP contribution in [0, 0.1) is 11.7 Å². The molecule has 0 aliphatic carbocycles. The molecule has 6 nitrogen and oxygen atoms in total. The van der Waals surface area contributed by atoms with Crippen LogP contribution in [0.3, 0.4) is 0 Å². The molecule has 2 aromatic rings. The molecule has 0 aromatic heterocycles. The minimum absolute atomic E-state index is 0.0645. The Labute approximate surface area is 151 Å². The number of carbonyl (C=O) groups excluding carboxylic acids is 1. The molecule has 2 aromatic carbocycles. The van der Waals surface area contributed by atoms with Gasteiger partial charge in [0.15, 0.2) is 0 Å². The number of benzene rings is 2. The van der Waals surface area contributed by atoms with Crippen molar-refractivity contribution in [1.29, 1.82) is 0 Å². The van der Waals surface area contributed by atoms with E-state index < -0.39 is 20.7 Å². The Bertz CT molecular complexity index is 900. The van der Waals surface area contributed by atoms with Gasteiger partial charge in [-0.05, 0) is 42.3 Å². The summed E-state index contributed by atoms with van der Waals surface area (Å²) in [5.74, 6) is -0.381. The number of ether oxygens (including phenoxy) is 1. The molecule has 1 aliphatic heterocycles. The van der Waals surface area contributed by atoms with Gasteiger partial charge in [0.2, 0.25) is 15.9 Å². The maximum atomic E-state index is 13.7. The molecule has 138 valence electrons. The van der Waals surface area contributed by atoms with Gasteiger partial charge in [-0.1, -0.05) is 12.1 Å². The first kappa shape index (κ1) is 18.3. The van der Waals surface area contributed by atoms with Gasteiger partial charge in [0.25, 0.3) is 0 Å². The summed E-state index contributed by atoms with van der Waals surface area (Å²) in [7, 11) is -2.40. The zero-order valence-electron chi connectivity index (χ0n) is 14.2. The van der Waals surface area contributed by atoms with Crippen LogP contribution in [0.25, 0.3) is 0 Å². The Kier molecular flexibility index (Phi) is 5.24. The number of nitrogens with one attached hydrogen (secondary N) is 1. The number of amides is 1. The van der Waals surface area contributed by atoms with Gasteiger partial charge in [0, 0.05) is 25.2 Å². The summed E-state index contributed by atoms with van der Waals surface area (Å²) in [4.78, 5) is 13.5. The SMILES string of the molecule is COc1ccc(N2C[C@H](CNS(=O)(=O)c3ccccc3F)CC2=O)cc1. The van der Waals surface area contributed by atoms with Crippen molar-refractivity contribution in [3.05, 3.63) is 54.3 Å². The van der Waals surface area contributed by atoms with Gasteiger partial charge in [0.1, 0.15) is 16.5 Å². The molecule has 0 spiro atoms. The summed E-state index contributed by atoms with van der Waals surface area (Å²) in [5.41, 5.74) is 0.732. The van der Waals surface area contributed by atoms with E-state index in [1.807, 2.05) is 0 Å². The lowest BCUT2D eigenvalue weighted by molar-refractivity contribution is -0.117. The minimum Gasteiger partial charge on any atom is -0.497 e. The van der Waals surface area contributed by atoms with E-state index >= 15 is 0 Å². The summed E-state index contributed by atoms with van der Waals surface area (Å²) in [6.45, 7) is 0.458. The molecule has 1 saturated heterocycles. The third kappa shape index (κ3) is 3.86. The molecule has 0 radical (unpaired) electrons. The number of hydrogen-bond acceptors (Lipinski definition) is 4. The van der Waals surface area contributed by atoms with Crippen molar-refractivity contribution in [3.63, 3.8) is 0 Å². The van der Waals surface area contributed by atoms with Crippen LogP contribution >= 0.6 is 0 Å². The van der Waals surface area contributed by atoms with Crippen molar-refractivity contribution >= 4 is 21.6 Å². The van der Waals surface area contributed by atoms with Gasteiger partial charge in [-0.15, -0.1) is 0 Å². The van der Waals surface area contributed by atoms with Crippen LogP contribution in [0.1, 0.15) is 6.42 Å². The zero-order valence-corrected chi connectivity index (χ0v) is 15.0. The van der Waals surface area contributed by atoms with Crippen LogP contribution in [0.2, 0.25) is 0 Å². The van der Waals surface area contributed by atoms with Crippen LogP contribution in [0.4, 0.5) is 10.1 Å². The molecule has 1 amide bonds. The second-order valence-corrected chi connectivity index (χ2v) is 7.79. The van der Waals surface area contributed by atoms with Crippen molar-refractivity contribution < 1.29 is 22.3 Å². The van der Waals surface area contributed by atoms with Gasteiger partial charge >= 0.3 is 0 Å². The molecule has 26 heavy (non-hydrogen) atoms. The molecule has 1 aliphatic rings. The first-order valence-electron chi connectivity index (χ1n) is 8.09. The van der Waals surface area contributed by atoms with Crippen molar-refractivity contribution in [3.8, 4) is 5.75 Å². The quantitative estimate of drug-likeness (QED) is 0.836. The van der Waals surface area contributed by atoms with Gasteiger partial charge < -0.3 is 9.64 Å². The molecule has 1 heterocycles. The van der Waals surface area contributed by atoms with E-state index in [2.05, 4.69) is 4.72 Å². The Morgan fingerprint density at radius 3 is 2.54 bits per heavy atom. The van der Waals surface area contributed by atoms with Gasteiger partial charge in [0.05, 0.1) is 7.11 Å². The van der Waals surface area contributed by atoms with E-state index in [1.54, 1.807) is 36.3 Å². The number of nitrogens with zero attached hydrogens (tertiary/aromatic N) is 1. The van der Waals surface area contributed by atoms with Crippen LogP contribution in [0.5, 0.6) is 5.75 Å². The van der Waals surface area contributed by atoms with Gasteiger partial charge in [-0.25, -0.2) is 17.5 Å². The van der Waals surface area contributed by atoms with Crippen molar-refractivity contribution in [1.82, 2.24) is 4.72 Å². The third-order valence-corrected chi connectivity index (χ3v) is 5.73. The van der Waals surface area contributed by atoms with Crippen LogP contribution in [-0.2, 0) is 14.8 Å². The van der Waals surface area contributed by atoms with E-state index in [0.29, 0.717) is 12.3 Å². The van der Waals surface area contributed by atoms with Crippen LogP contribution in [-0.4, -0.2) is 34.5 Å². The maximum Gasteiger partial charge on any atom is 0.243 e. The summed E-state index contributed by atoms with van der Waals surface area (Å²) in [6, 6.07) is 12.3. The molecule has 3 rings (SSSR count). The highest BCUT2D eigenvalue weighted by molar-refractivity contribution is 7.89. The molecule has 1 atom stereocenters. The average Bonchev–Trinajstić information content (AvgIpc) is 3.01. The third-order valence-electron chi connectivity index (χ3n) is 4.28. The first-order chi connectivity index (χ1) is 12.4. The summed E-state index contributed by atoms with van der Waals surface area (Å²) in [6.07, 6.45) is 0.228. The molecule has 0 bridgehead atoms. The van der Waals surface area contributed by atoms with Crippen molar-refractivity contribution in [2.24, 2.45) is 5.92 Å². The van der Waals surface area contributed by atoms with Crippen LogP contribution in [0.15, 0.2) is 53.4 Å². The monoisotopic (exact) mass is 378 g/mol. The first-order valence-corrected chi connectivity index (χ1v) is 9.57. The Morgan fingerprint density at radius 1 is 1.19 bits per heavy atom. The fraction of sp³-hybridized carbons (Fsp3) is 0.278. The fourth-order valence-corrected chi connectivity index (χ4v) is 4.09. The molecular formula is C18H19FN2O4S. The number of halogens is 1. The normalized spacial score (nSPS) is 17.5. The lowest BCUT2D eigenvalue weighted by Crippen LogP contribution is -2.31. The smallest absolute Gasteiger partial charge is 0.243 e. The Hall–Kier alpha value is -2.45. The molecular weight excluding hydrogens is 359 g/mol. The highest BCUT2D eigenvalue weighted by Crippen LogP contribution is 2.26.